The highest BCUT2D eigenvalue weighted by Gasteiger charge is 2.25. The molecule has 176 valence electrons. The van der Waals surface area contributed by atoms with Crippen LogP contribution in [0.5, 0.6) is 11.5 Å². The average molecular weight is 545 g/mol. The zero-order valence-corrected chi connectivity index (χ0v) is 21.2. The molecular weight excluding hydrogens is 529 g/mol. The summed E-state index contributed by atoms with van der Waals surface area (Å²) in [4.78, 5) is 17.3. The first-order valence-electron chi connectivity index (χ1n) is 10.1. The van der Waals surface area contributed by atoms with Crippen LogP contribution in [0.3, 0.4) is 0 Å². The zero-order chi connectivity index (χ0) is 24.9. The molecule has 0 saturated carbocycles. The molecule has 0 atom stereocenters. The lowest BCUT2D eigenvalue weighted by Crippen LogP contribution is -2.19. The summed E-state index contributed by atoms with van der Waals surface area (Å²) in [5, 5.41) is 13.3. The van der Waals surface area contributed by atoms with Crippen molar-refractivity contribution in [2.24, 2.45) is 4.99 Å². The molecular formula is C25H16Cl3N3O3S. The van der Waals surface area contributed by atoms with Gasteiger partial charge in [0.2, 0.25) is 0 Å². The van der Waals surface area contributed by atoms with Gasteiger partial charge in [-0.3, -0.25) is 4.79 Å². The fourth-order valence-corrected chi connectivity index (χ4v) is 4.63. The lowest BCUT2D eigenvalue weighted by molar-refractivity contribution is -0.115. The van der Waals surface area contributed by atoms with E-state index in [4.69, 9.17) is 44.3 Å². The Morgan fingerprint density at radius 2 is 1.91 bits per heavy atom. The molecule has 0 spiro atoms. The van der Waals surface area contributed by atoms with Gasteiger partial charge in [-0.05, 0) is 53.7 Å². The summed E-state index contributed by atoms with van der Waals surface area (Å²) >= 11 is 19.9. The Kier molecular flexibility index (Phi) is 7.89. The van der Waals surface area contributed by atoms with Crippen molar-refractivity contribution in [2.45, 2.75) is 6.61 Å². The Hall–Kier alpha value is -3.15. The van der Waals surface area contributed by atoms with Crippen molar-refractivity contribution >= 4 is 69.4 Å². The predicted molar refractivity (Wildman–Crippen MR) is 141 cm³/mol. The van der Waals surface area contributed by atoms with Crippen LogP contribution in [0.4, 0.5) is 5.69 Å². The highest BCUT2D eigenvalue weighted by molar-refractivity contribution is 8.18. The van der Waals surface area contributed by atoms with Gasteiger partial charge >= 0.3 is 0 Å². The van der Waals surface area contributed by atoms with E-state index in [9.17, 15) is 10.1 Å². The number of carbonyl (C=O) groups excluding carboxylic acids is 1. The molecule has 0 unspecified atom stereocenters. The summed E-state index contributed by atoms with van der Waals surface area (Å²) in [7, 11) is 1.50. The van der Waals surface area contributed by atoms with Crippen LogP contribution in [0, 0.1) is 11.3 Å². The Morgan fingerprint density at radius 1 is 1.11 bits per heavy atom. The third-order valence-electron chi connectivity index (χ3n) is 4.86. The van der Waals surface area contributed by atoms with Crippen LogP contribution in [-0.4, -0.2) is 18.2 Å². The van der Waals surface area contributed by atoms with Crippen molar-refractivity contribution in [1.82, 2.24) is 5.32 Å². The van der Waals surface area contributed by atoms with Crippen molar-refractivity contribution in [3.63, 3.8) is 0 Å². The van der Waals surface area contributed by atoms with Crippen LogP contribution in [0.25, 0.3) is 6.08 Å². The summed E-state index contributed by atoms with van der Waals surface area (Å²) in [6.45, 7) is 0.143. The molecule has 3 aromatic rings. The predicted octanol–water partition coefficient (Wildman–Crippen LogP) is 7.00. The standard InChI is InChI=1S/C25H16Cl3N3O3S/c1-33-20-10-14(9-18(27)23(20)34-13-16-6-3-2-5-15(16)12-29)11-21-24(32)31-25(35-21)30-19-8-4-7-17(26)22(19)28/h2-11H,13H2,1H3,(H,30,31,32)/b21-11+. The molecule has 1 fully saturated rings. The number of ether oxygens (including phenoxy) is 2. The van der Waals surface area contributed by atoms with E-state index in [1.54, 1.807) is 48.5 Å². The van der Waals surface area contributed by atoms with E-state index in [-0.39, 0.29) is 12.5 Å². The van der Waals surface area contributed by atoms with E-state index in [0.29, 0.717) is 53.5 Å². The van der Waals surface area contributed by atoms with Crippen LogP contribution in [0.15, 0.2) is 64.5 Å². The average Bonchev–Trinajstić information content (AvgIpc) is 3.19. The monoisotopic (exact) mass is 543 g/mol. The van der Waals surface area contributed by atoms with Crippen LogP contribution in [-0.2, 0) is 11.4 Å². The van der Waals surface area contributed by atoms with Gasteiger partial charge in [-0.2, -0.15) is 5.26 Å². The Morgan fingerprint density at radius 3 is 2.69 bits per heavy atom. The second-order valence-electron chi connectivity index (χ2n) is 7.15. The van der Waals surface area contributed by atoms with Gasteiger partial charge in [0.15, 0.2) is 16.7 Å². The topological polar surface area (TPSA) is 83.7 Å². The van der Waals surface area contributed by atoms with Crippen LogP contribution >= 0.6 is 46.6 Å². The van der Waals surface area contributed by atoms with Gasteiger partial charge in [-0.1, -0.05) is 59.1 Å². The quantitative estimate of drug-likeness (QED) is 0.338. The number of rotatable bonds is 6. The highest BCUT2D eigenvalue weighted by atomic mass is 35.5. The highest BCUT2D eigenvalue weighted by Crippen LogP contribution is 2.39. The number of halogens is 3. The van der Waals surface area contributed by atoms with Crippen LogP contribution in [0.2, 0.25) is 15.1 Å². The number of thioether (sulfide) groups is 1. The van der Waals surface area contributed by atoms with E-state index in [2.05, 4.69) is 16.4 Å². The molecule has 1 aliphatic heterocycles. The minimum Gasteiger partial charge on any atom is -0.493 e. The van der Waals surface area contributed by atoms with Crippen molar-refractivity contribution in [3.05, 3.63) is 91.3 Å². The molecule has 1 saturated heterocycles. The molecule has 1 amide bonds. The maximum absolute atomic E-state index is 12.5. The molecule has 35 heavy (non-hydrogen) atoms. The molecule has 1 heterocycles. The molecule has 3 aromatic carbocycles. The SMILES string of the molecule is COc1cc(/C=C2/SC(=Nc3cccc(Cl)c3Cl)NC2=O)cc(Cl)c1OCc1ccccc1C#N. The number of nitrogens with one attached hydrogen (secondary N) is 1. The molecule has 0 aliphatic carbocycles. The lowest BCUT2D eigenvalue weighted by Gasteiger charge is -2.14. The summed E-state index contributed by atoms with van der Waals surface area (Å²) in [5.41, 5.74) is 2.33. The third kappa shape index (κ3) is 5.75. The molecule has 0 radical (unpaired) electrons. The smallest absolute Gasteiger partial charge is 0.264 e. The van der Waals surface area contributed by atoms with Crippen molar-refractivity contribution in [2.75, 3.05) is 7.11 Å². The Labute approximate surface area is 221 Å². The van der Waals surface area contributed by atoms with E-state index >= 15 is 0 Å². The van der Waals surface area contributed by atoms with E-state index in [0.717, 1.165) is 17.3 Å². The Bertz CT molecular complexity index is 1420. The number of aliphatic imine (C=N–C) groups is 1. The maximum Gasteiger partial charge on any atom is 0.264 e. The number of nitrogens with zero attached hydrogens (tertiary/aromatic N) is 2. The third-order valence-corrected chi connectivity index (χ3v) is 6.86. The summed E-state index contributed by atoms with van der Waals surface area (Å²) in [6, 6.07) is 17.7. The molecule has 6 nitrogen and oxygen atoms in total. The molecule has 10 heteroatoms. The van der Waals surface area contributed by atoms with E-state index in [1.807, 2.05) is 12.1 Å². The number of amides is 1. The maximum atomic E-state index is 12.5. The normalized spacial score (nSPS) is 15.2. The summed E-state index contributed by atoms with van der Waals surface area (Å²) in [5.74, 6) is 0.419. The number of methoxy groups -OCH3 is 1. The molecule has 4 rings (SSSR count). The zero-order valence-electron chi connectivity index (χ0n) is 18.1. The first-order chi connectivity index (χ1) is 16.9. The van der Waals surface area contributed by atoms with Gasteiger partial charge in [-0.15, -0.1) is 0 Å². The second kappa shape index (κ2) is 11.1. The lowest BCUT2D eigenvalue weighted by atomic mass is 10.1. The second-order valence-corrected chi connectivity index (χ2v) is 9.37. The summed E-state index contributed by atoms with van der Waals surface area (Å²) < 4.78 is 11.3. The van der Waals surface area contributed by atoms with Crippen LogP contribution < -0.4 is 14.8 Å². The van der Waals surface area contributed by atoms with Gasteiger partial charge in [0.05, 0.1) is 44.4 Å². The number of benzene rings is 3. The number of amidine groups is 1. The molecule has 1 N–H and O–H groups in total. The van der Waals surface area contributed by atoms with Gasteiger partial charge in [0, 0.05) is 5.56 Å². The molecule has 1 aliphatic rings. The van der Waals surface area contributed by atoms with Crippen molar-refractivity contribution in [3.8, 4) is 17.6 Å². The van der Waals surface area contributed by atoms with E-state index < -0.39 is 0 Å². The number of hydrogen-bond donors (Lipinski definition) is 1. The number of nitriles is 1. The fraction of sp³-hybridized carbons (Fsp3) is 0.0800. The largest absolute Gasteiger partial charge is 0.493 e. The van der Waals surface area contributed by atoms with Crippen molar-refractivity contribution in [1.29, 1.82) is 5.26 Å². The van der Waals surface area contributed by atoms with E-state index in [1.165, 1.54) is 7.11 Å². The Balaban J connectivity index is 1.56. The van der Waals surface area contributed by atoms with Gasteiger partial charge < -0.3 is 14.8 Å². The minimum absolute atomic E-state index is 0.143. The van der Waals surface area contributed by atoms with Gasteiger partial charge in [0.1, 0.15) is 6.61 Å². The first-order valence-corrected chi connectivity index (χ1v) is 12.1. The van der Waals surface area contributed by atoms with Gasteiger partial charge in [0.25, 0.3) is 5.91 Å². The first kappa shape index (κ1) is 25.0. The minimum atomic E-state index is -0.310. The van der Waals surface area contributed by atoms with Gasteiger partial charge in [-0.25, -0.2) is 4.99 Å². The van der Waals surface area contributed by atoms with Crippen LogP contribution in [0.1, 0.15) is 16.7 Å². The number of hydrogen-bond acceptors (Lipinski definition) is 6. The van der Waals surface area contributed by atoms with Crippen molar-refractivity contribution < 1.29 is 14.3 Å². The number of carbonyl (C=O) groups is 1. The summed E-state index contributed by atoms with van der Waals surface area (Å²) in [6.07, 6.45) is 1.67. The molecule has 0 aromatic heterocycles. The fourth-order valence-electron chi connectivity index (χ4n) is 3.19. The molecule has 0 bridgehead atoms.